The smallest absolute Gasteiger partial charge is 0.254 e. The normalized spacial score (nSPS) is 16.8. The largest absolute Gasteiger partial charge is 0.353 e. The van der Waals surface area contributed by atoms with E-state index in [4.69, 9.17) is 11.6 Å². The van der Waals surface area contributed by atoms with Gasteiger partial charge in [-0.25, -0.2) is 0 Å². The molecule has 0 saturated heterocycles. The van der Waals surface area contributed by atoms with Gasteiger partial charge in [-0.2, -0.15) is 5.26 Å². The van der Waals surface area contributed by atoms with Gasteiger partial charge in [-0.3, -0.25) is 4.79 Å². The highest BCUT2D eigenvalue weighted by Crippen LogP contribution is 2.41. The minimum absolute atomic E-state index is 0.292. The number of nitriles is 1. The molecule has 1 aliphatic rings. The highest BCUT2D eigenvalue weighted by molar-refractivity contribution is 7.84. The van der Waals surface area contributed by atoms with Crippen molar-refractivity contribution in [1.82, 2.24) is 5.32 Å². The van der Waals surface area contributed by atoms with Crippen molar-refractivity contribution < 1.29 is 4.79 Å². The number of carbonyl (C=O) groups is 1. The summed E-state index contributed by atoms with van der Waals surface area (Å²) in [5.41, 5.74) is 2.79. The minimum atomic E-state index is -0.592. The molecule has 1 atom stereocenters. The first-order valence-corrected chi connectivity index (χ1v) is 8.77. The molecule has 4 nitrogen and oxygen atoms in total. The molecule has 2 N–H and O–H groups in total. The third-order valence-corrected chi connectivity index (χ3v) is 4.85. The zero-order chi connectivity index (χ0) is 18.7. The predicted molar refractivity (Wildman–Crippen MR) is 107 cm³/mol. The van der Waals surface area contributed by atoms with Crippen molar-refractivity contribution in [1.29, 1.82) is 5.26 Å². The van der Waals surface area contributed by atoms with Gasteiger partial charge in [-0.05, 0) is 30.7 Å². The number of hydrogen-bond acceptors (Lipinski definition) is 4. The van der Waals surface area contributed by atoms with E-state index in [-0.39, 0.29) is 5.91 Å². The molecule has 3 rings (SSSR count). The Morgan fingerprint density at radius 2 is 1.85 bits per heavy atom. The van der Waals surface area contributed by atoms with Gasteiger partial charge < -0.3 is 10.6 Å². The zero-order valence-corrected chi connectivity index (χ0v) is 15.6. The van der Waals surface area contributed by atoms with Gasteiger partial charge in [0, 0.05) is 22.0 Å². The number of amides is 1. The number of nitrogens with zero attached hydrogens (tertiary/aromatic N) is 1. The lowest BCUT2D eigenvalue weighted by Crippen LogP contribution is -2.30. The number of allylic oxidation sites excluding steroid dienone is 2. The van der Waals surface area contributed by atoms with Crippen LogP contribution in [0.5, 0.6) is 0 Å². The first kappa shape index (κ1) is 18.1. The van der Waals surface area contributed by atoms with Crippen molar-refractivity contribution in [3.63, 3.8) is 0 Å². The van der Waals surface area contributed by atoms with Crippen LogP contribution in [0.15, 0.2) is 76.5 Å². The number of benzene rings is 2. The molecule has 2 aromatic rings. The highest BCUT2D eigenvalue weighted by atomic mass is 35.5. The van der Waals surface area contributed by atoms with E-state index in [1.165, 1.54) is 0 Å². The van der Waals surface area contributed by atoms with Crippen LogP contribution in [0, 0.1) is 11.3 Å². The number of rotatable bonds is 3. The fourth-order valence-corrected chi connectivity index (χ4v) is 3.56. The first-order chi connectivity index (χ1) is 12.5. The Morgan fingerprint density at radius 1 is 1.19 bits per heavy atom. The van der Waals surface area contributed by atoms with Gasteiger partial charge in [-0.1, -0.05) is 48.0 Å². The Bertz CT molecular complexity index is 961. The number of halogens is 1. The summed E-state index contributed by atoms with van der Waals surface area (Å²) in [6.45, 7) is 1.79. The van der Waals surface area contributed by atoms with E-state index in [1.807, 2.05) is 36.4 Å². The molecule has 0 unspecified atom stereocenters. The molecule has 6 heteroatoms. The van der Waals surface area contributed by atoms with Crippen LogP contribution in [-0.4, -0.2) is 5.91 Å². The number of anilines is 1. The Hall–Kier alpha value is -2.68. The lowest BCUT2D eigenvalue weighted by atomic mass is 9.82. The fraction of sp³-hybridized carbons (Fsp3) is 0.100. The topological polar surface area (TPSA) is 64.9 Å². The molecule has 0 aliphatic carbocycles. The molecular weight excluding hydrogens is 366 g/mol. The molecule has 1 heterocycles. The Labute approximate surface area is 162 Å². The van der Waals surface area contributed by atoms with Crippen LogP contribution in [0.1, 0.15) is 18.4 Å². The van der Waals surface area contributed by atoms with Crippen LogP contribution in [0.25, 0.3) is 0 Å². The number of carbonyl (C=O) groups excluding carboxylic acids is 1. The number of hydrogen-bond donors (Lipinski definition) is 3. The second-order valence-corrected chi connectivity index (χ2v) is 6.67. The van der Waals surface area contributed by atoms with Crippen molar-refractivity contribution in [2.75, 3.05) is 5.32 Å². The van der Waals surface area contributed by atoms with Crippen molar-refractivity contribution in [3.05, 3.63) is 87.1 Å². The molecule has 0 bridgehead atoms. The van der Waals surface area contributed by atoms with Crippen molar-refractivity contribution in [3.8, 4) is 6.07 Å². The molecule has 0 fully saturated rings. The SMILES string of the molecule is CC1=C(C(=O)Nc2ccccc2)[C@@H](c2ccccc2Cl)C(C#N)=C(S)N1. The Kier molecular flexibility index (Phi) is 5.36. The molecular formula is C20H16ClN3OS. The first-order valence-electron chi connectivity index (χ1n) is 7.94. The van der Waals surface area contributed by atoms with Crippen LogP contribution in [0.3, 0.4) is 0 Å². The molecule has 1 aliphatic heterocycles. The highest BCUT2D eigenvalue weighted by Gasteiger charge is 2.34. The number of dihydropyridines is 1. The van der Waals surface area contributed by atoms with Crippen LogP contribution in [0.2, 0.25) is 5.02 Å². The molecule has 2 aromatic carbocycles. The van der Waals surface area contributed by atoms with Crippen LogP contribution in [0.4, 0.5) is 5.69 Å². The predicted octanol–water partition coefficient (Wildman–Crippen LogP) is 4.60. The van der Waals surface area contributed by atoms with Gasteiger partial charge in [-0.15, -0.1) is 12.6 Å². The molecule has 130 valence electrons. The van der Waals surface area contributed by atoms with Crippen molar-refractivity contribution in [2.45, 2.75) is 12.8 Å². The molecule has 0 spiro atoms. The molecule has 0 aromatic heterocycles. The average Bonchev–Trinajstić information content (AvgIpc) is 2.62. The third kappa shape index (κ3) is 3.48. The van der Waals surface area contributed by atoms with Gasteiger partial charge in [0.25, 0.3) is 5.91 Å². The summed E-state index contributed by atoms with van der Waals surface area (Å²) in [5.74, 6) is -0.883. The summed E-state index contributed by atoms with van der Waals surface area (Å²) in [4.78, 5) is 13.0. The van der Waals surface area contributed by atoms with Gasteiger partial charge in [0.05, 0.1) is 22.6 Å². The number of nitrogens with one attached hydrogen (secondary N) is 2. The maximum Gasteiger partial charge on any atom is 0.254 e. The third-order valence-electron chi connectivity index (χ3n) is 4.16. The monoisotopic (exact) mass is 381 g/mol. The van der Waals surface area contributed by atoms with Crippen LogP contribution < -0.4 is 10.6 Å². The molecule has 26 heavy (non-hydrogen) atoms. The lowest BCUT2D eigenvalue weighted by Gasteiger charge is -2.29. The van der Waals surface area contributed by atoms with Gasteiger partial charge in [0.15, 0.2) is 0 Å². The van der Waals surface area contributed by atoms with E-state index in [0.29, 0.717) is 38.1 Å². The van der Waals surface area contributed by atoms with Gasteiger partial charge in [0.1, 0.15) is 0 Å². The van der Waals surface area contributed by atoms with E-state index in [9.17, 15) is 10.1 Å². The summed E-state index contributed by atoms with van der Waals surface area (Å²) in [5, 5.41) is 16.5. The lowest BCUT2D eigenvalue weighted by molar-refractivity contribution is -0.113. The fourth-order valence-electron chi connectivity index (χ4n) is 2.97. The zero-order valence-electron chi connectivity index (χ0n) is 14.0. The van der Waals surface area contributed by atoms with E-state index in [0.717, 1.165) is 0 Å². The average molecular weight is 382 g/mol. The van der Waals surface area contributed by atoms with Gasteiger partial charge in [0.2, 0.25) is 0 Å². The summed E-state index contributed by atoms with van der Waals surface area (Å²) < 4.78 is 0. The Morgan fingerprint density at radius 3 is 2.50 bits per heavy atom. The minimum Gasteiger partial charge on any atom is -0.353 e. The molecule has 0 saturated carbocycles. The number of para-hydroxylation sites is 1. The van der Waals surface area contributed by atoms with Crippen LogP contribution >= 0.6 is 24.2 Å². The van der Waals surface area contributed by atoms with Gasteiger partial charge >= 0.3 is 0 Å². The Balaban J connectivity index is 2.09. The molecule has 1 amide bonds. The maximum atomic E-state index is 13.0. The summed E-state index contributed by atoms with van der Waals surface area (Å²) in [6, 6.07) is 18.5. The van der Waals surface area contributed by atoms with Crippen molar-refractivity contribution in [2.24, 2.45) is 0 Å². The quantitative estimate of drug-likeness (QED) is 0.680. The summed E-state index contributed by atoms with van der Waals surface area (Å²) >= 11 is 10.8. The van der Waals surface area contributed by atoms with Crippen LogP contribution in [-0.2, 0) is 4.79 Å². The van der Waals surface area contributed by atoms with Crippen molar-refractivity contribution >= 4 is 35.8 Å². The van der Waals surface area contributed by atoms with E-state index in [2.05, 4.69) is 29.3 Å². The van der Waals surface area contributed by atoms with E-state index < -0.39 is 5.92 Å². The standard InChI is InChI=1S/C20H16ClN3OS/c1-12-17(19(25)24-13-7-3-2-4-8-13)18(15(11-22)20(26)23-12)14-9-5-6-10-16(14)21/h2-10,18,23,26H,1H3,(H,24,25)/t18-/m0/s1. The maximum absolute atomic E-state index is 13.0. The second-order valence-electron chi connectivity index (χ2n) is 5.81. The summed E-state index contributed by atoms with van der Waals surface area (Å²) in [7, 11) is 0. The summed E-state index contributed by atoms with van der Waals surface area (Å²) in [6.07, 6.45) is 0. The number of thiol groups is 1. The molecule has 0 radical (unpaired) electrons. The second kappa shape index (κ2) is 7.69. The van der Waals surface area contributed by atoms with E-state index in [1.54, 1.807) is 25.1 Å². The van der Waals surface area contributed by atoms with E-state index >= 15 is 0 Å².